The number of halogens is 2. The molecule has 0 fully saturated rings. The van der Waals surface area contributed by atoms with Gasteiger partial charge in [0.15, 0.2) is 0 Å². The van der Waals surface area contributed by atoms with E-state index in [2.05, 4.69) is 44.0 Å². The van der Waals surface area contributed by atoms with Crippen LogP contribution in [0.2, 0.25) is 0 Å². The second-order valence-electron chi connectivity index (χ2n) is 4.67. The summed E-state index contributed by atoms with van der Waals surface area (Å²) in [5.41, 5.74) is 7.71. The number of rotatable bonds is 5. The van der Waals surface area contributed by atoms with Crippen molar-refractivity contribution in [1.82, 2.24) is 0 Å². The van der Waals surface area contributed by atoms with Gasteiger partial charge < -0.3 is 5.73 Å². The summed E-state index contributed by atoms with van der Waals surface area (Å²) < 4.78 is 2.05. The minimum Gasteiger partial charge on any atom is -0.369 e. The normalized spacial score (nSPS) is 12.1. The maximum absolute atomic E-state index is 11.7. The molecule has 2 N–H and O–H groups in total. The molecule has 0 radical (unpaired) electrons. The van der Waals surface area contributed by atoms with Crippen LogP contribution in [-0.2, 0) is 11.2 Å². The maximum Gasteiger partial charge on any atom is 0.224 e. The van der Waals surface area contributed by atoms with E-state index in [0.29, 0.717) is 0 Å². The van der Waals surface area contributed by atoms with Crippen molar-refractivity contribution >= 4 is 37.8 Å². The molecular weight excluding hydrogens is 382 g/mol. The molecule has 1 amide bonds. The number of aryl methyl sites for hydroxylation is 1. The van der Waals surface area contributed by atoms with Gasteiger partial charge in [0, 0.05) is 8.95 Å². The predicted molar refractivity (Wildman–Crippen MR) is 88.5 cm³/mol. The lowest BCUT2D eigenvalue weighted by Crippen LogP contribution is -2.22. The molecule has 0 aromatic heterocycles. The number of carbonyl (C=O) groups is 1. The first-order valence-electron chi connectivity index (χ1n) is 6.35. The van der Waals surface area contributed by atoms with E-state index in [1.54, 1.807) is 0 Å². The minimum absolute atomic E-state index is 0.244. The monoisotopic (exact) mass is 395 g/mol. The average Bonchev–Trinajstić information content (AvgIpc) is 2.43. The van der Waals surface area contributed by atoms with Crippen molar-refractivity contribution in [1.29, 1.82) is 0 Å². The Hall–Kier alpha value is -1.13. The van der Waals surface area contributed by atoms with Gasteiger partial charge in [-0.3, -0.25) is 4.79 Å². The van der Waals surface area contributed by atoms with Gasteiger partial charge in [0.25, 0.3) is 0 Å². The van der Waals surface area contributed by atoms with E-state index < -0.39 is 0 Å². The fourth-order valence-electron chi connectivity index (χ4n) is 2.13. The van der Waals surface area contributed by atoms with Crippen molar-refractivity contribution in [3.8, 4) is 0 Å². The van der Waals surface area contributed by atoms with Gasteiger partial charge in [0.2, 0.25) is 5.91 Å². The summed E-state index contributed by atoms with van der Waals surface area (Å²) in [4.78, 5) is 11.7. The largest absolute Gasteiger partial charge is 0.369 e. The molecule has 20 heavy (non-hydrogen) atoms. The number of amides is 1. The fourth-order valence-corrected chi connectivity index (χ4v) is 2.66. The van der Waals surface area contributed by atoms with Crippen molar-refractivity contribution in [2.24, 2.45) is 5.73 Å². The van der Waals surface area contributed by atoms with Crippen LogP contribution < -0.4 is 5.73 Å². The van der Waals surface area contributed by atoms with Crippen LogP contribution in [0.3, 0.4) is 0 Å². The van der Waals surface area contributed by atoms with Crippen LogP contribution in [0.5, 0.6) is 0 Å². The Balaban J connectivity index is 2.08. The third-order valence-corrected chi connectivity index (χ3v) is 4.31. The van der Waals surface area contributed by atoms with Crippen LogP contribution in [0.15, 0.2) is 57.5 Å². The van der Waals surface area contributed by atoms with Crippen molar-refractivity contribution in [2.75, 3.05) is 0 Å². The standard InChI is InChI=1S/C16H15Br2NO/c17-13-6-1-11(2-7-13)3-10-15(16(19)20)12-4-8-14(18)9-5-12/h1-2,4-9,15H,3,10H2,(H2,19,20). The zero-order chi connectivity index (χ0) is 14.5. The lowest BCUT2D eigenvalue weighted by atomic mass is 9.92. The highest BCUT2D eigenvalue weighted by Crippen LogP contribution is 2.24. The lowest BCUT2D eigenvalue weighted by molar-refractivity contribution is -0.119. The average molecular weight is 397 g/mol. The van der Waals surface area contributed by atoms with E-state index >= 15 is 0 Å². The Morgan fingerprint density at radius 2 is 1.45 bits per heavy atom. The second kappa shape index (κ2) is 7.04. The van der Waals surface area contributed by atoms with Gasteiger partial charge in [-0.05, 0) is 48.2 Å². The summed E-state index contributed by atoms with van der Waals surface area (Å²) >= 11 is 6.81. The minimum atomic E-state index is -0.274. The Morgan fingerprint density at radius 1 is 0.950 bits per heavy atom. The van der Waals surface area contributed by atoms with Crippen LogP contribution in [0.1, 0.15) is 23.5 Å². The van der Waals surface area contributed by atoms with E-state index in [-0.39, 0.29) is 11.8 Å². The van der Waals surface area contributed by atoms with E-state index in [1.807, 2.05) is 36.4 Å². The molecule has 0 aliphatic rings. The molecule has 2 aromatic rings. The molecular formula is C16H15Br2NO. The topological polar surface area (TPSA) is 43.1 Å². The quantitative estimate of drug-likeness (QED) is 0.798. The van der Waals surface area contributed by atoms with Crippen molar-refractivity contribution in [3.05, 3.63) is 68.6 Å². The van der Waals surface area contributed by atoms with Gasteiger partial charge in [-0.2, -0.15) is 0 Å². The third-order valence-electron chi connectivity index (χ3n) is 3.25. The predicted octanol–water partition coefficient (Wildman–Crippen LogP) is 4.41. The summed E-state index contributed by atoms with van der Waals surface area (Å²) in [6.45, 7) is 0. The molecule has 0 bridgehead atoms. The van der Waals surface area contributed by atoms with E-state index in [0.717, 1.165) is 27.4 Å². The number of hydrogen-bond donors (Lipinski definition) is 1. The van der Waals surface area contributed by atoms with Crippen LogP contribution in [0, 0.1) is 0 Å². The number of hydrogen-bond acceptors (Lipinski definition) is 1. The van der Waals surface area contributed by atoms with Crippen molar-refractivity contribution in [2.45, 2.75) is 18.8 Å². The molecule has 1 atom stereocenters. The number of nitrogens with two attached hydrogens (primary N) is 1. The summed E-state index contributed by atoms with van der Waals surface area (Å²) in [6.07, 6.45) is 1.55. The highest BCUT2D eigenvalue weighted by molar-refractivity contribution is 9.10. The second-order valence-corrected chi connectivity index (χ2v) is 6.50. The molecule has 104 valence electrons. The van der Waals surface area contributed by atoms with Gasteiger partial charge in [-0.25, -0.2) is 0 Å². The summed E-state index contributed by atoms with van der Waals surface area (Å²) in [5.74, 6) is -0.517. The molecule has 2 rings (SSSR count). The number of primary amides is 1. The summed E-state index contributed by atoms with van der Waals surface area (Å²) in [5, 5.41) is 0. The van der Waals surface area contributed by atoms with Gasteiger partial charge in [0.1, 0.15) is 0 Å². The maximum atomic E-state index is 11.7. The zero-order valence-corrected chi connectivity index (χ0v) is 14.0. The zero-order valence-electron chi connectivity index (χ0n) is 10.9. The molecule has 2 nitrogen and oxygen atoms in total. The number of benzene rings is 2. The van der Waals surface area contributed by atoms with Gasteiger partial charge in [-0.15, -0.1) is 0 Å². The molecule has 0 aliphatic heterocycles. The van der Waals surface area contributed by atoms with Crippen molar-refractivity contribution in [3.63, 3.8) is 0 Å². The van der Waals surface area contributed by atoms with Gasteiger partial charge in [-0.1, -0.05) is 56.1 Å². The Morgan fingerprint density at radius 3 is 1.95 bits per heavy atom. The van der Waals surface area contributed by atoms with Crippen molar-refractivity contribution < 1.29 is 4.79 Å². The third kappa shape index (κ3) is 4.18. The fraction of sp³-hybridized carbons (Fsp3) is 0.188. The SMILES string of the molecule is NC(=O)C(CCc1ccc(Br)cc1)c1ccc(Br)cc1. The highest BCUT2D eigenvalue weighted by atomic mass is 79.9. The van der Waals surface area contributed by atoms with Crippen LogP contribution >= 0.6 is 31.9 Å². The molecule has 4 heteroatoms. The lowest BCUT2D eigenvalue weighted by Gasteiger charge is -2.14. The molecule has 2 aromatic carbocycles. The molecule has 0 heterocycles. The first-order chi connectivity index (χ1) is 9.56. The molecule has 0 spiro atoms. The molecule has 0 saturated carbocycles. The van der Waals surface area contributed by atoms with Gasteiger partial charge >= 0.3 is 0 Å². The first-order valence-corrected chi connectivity index (χ1v) is 7.94. The Kier molecular flexibility index (Phi) is 5.38. The molecule has 0 aliphatic carbocycles. The molecule has 0 saturated heterocycles. The van der Waals surface area contributed by atoms with Crippen LogP contribution in [0.25, 0.3) is 0 Å². The van der Waals surface area contributed by atoms with E-state index in [4.69, 9.17) is 5.73 Å². The highest BCUT2D eigenvalue weighted by Gasteiger charge is 2.17. The number of carbonyl (C=O) groups excluding carboxylic acids is 1. The summed E-state index contributed by atoms with van der Waals surface area (Å²) in [6, 6.07) is 15.9. The molecule has 1 unspecified atom stereocenters. The van der Waals surface area contributed by atoms with Crippen LogP contribution in [0.4, 0.5) is 0 Å². The van der Waals surface area contributed by atoms with E-state index in [1.165, 1.54) is 5.56 Å². The Bertz CT molecular complexity index is 578. The van der Waals surface area contributed by atoms with Gasteiger partial charge in [0.05, 0.1) is 5.92 Å². The Labute approximate surface area is 135 Å². The van der Waals surface area contributed by atoms with E-state index in [9.17, 15) is 4.79 Å². The van der Waals surface area contributed by atoms with Crippen LogP contribution in [-0.4, -0.2) is 5.91 Å². The first kappa shape index (κ1) is 15.3. The smallest absolute Gasteiger partial charge is 0.224 e. The summed E-state index contributed by atoms with van der Waals surface area (Å²) in [7, 11) is 0.